The number of aromatic nitrogens is 4. The molecule has 146 valence electrons. The summed E-state index contributed by atoms with van der Waals surface area (Å²) in [6.07, 6.45) is 7.21. The highest BCUT2D eigenvalue weighted by molar-refractivity contribution is 7.99. The summed E-state index contributed by atoms with van der Waals surface area (Å²) in [4.78, 5) is 16.2. The van der Waals surface area contributed by atoms with Crippen molar-refractivity contribution in [1.82, 2.24) is 30.4 Å². The van der Waals surface area contributed by atoms with Gasteiger partial charge in [0.1, 0.15) is 0 Å². The van der Waals surface area contributed by atoms with Gasteiger partial charge in [-0.2, -0.15) is 0 Å². The van der Waals surface area contributed by atoms with Gasteiger partial charge in [0.15, 0.2) is 0 Å². The monoisotopic (exact) mass is 406 g/mol. The smallest absolute Gasteiger partial charge is 0.230 e. The van der Waals surface area contributed by atoms with Gasteiger partial charge in [0, 0.05) is 11.4 Å². The van der Waals surface area contributed by atoms with Gasteiger partial charge in [0.05, 0.1) is 17.8 Å². The summed E-state index contributed by atoms with van der Waals surface area (Å²) in [5.41, 5.74) is 0. The first kappa shape index (κ1) is 18.9. The Morgan fingerprint density at radius 1 is 1.30 bits per heavy atom. The fourth-order valence-corrected chi connectivity index (χ4v) is 5.63. The zero-order chi connectivity index (χ0) is 18.5. The lowest BCUT2D eigenvalue weighted by Gasteiger charge is -2.26. The molecule has 1 saturated heterocycles. The molecule has 0 bridgehead atoms. The van der Waals surface area contributed by atoms with Crippen LogP contribution in [0, 0.1) is 0 Å². The number of hydrogen-bond acceptors (Lipinski definition) is 7. The van der Waals surface area contributed by atoms with Gasteiger partial charge in [0.2, 0.25) is 11.1 Å². The molecular formula is C18H26N6OS2. The molecule has 2 fully saturated rings. The molecule has 9 heteroatoms. The SMILES string of the molecule is O=C(CSc1nnnn1C1CCCC1)NC[C@H](c1cccs1)N1CCCC1. The fourth-order valence-electron chi connectivity index (χ4n) is 3.99. The van der Waals surface area contributed by atoms with Crippen molar-refractivity contribution in [2.75, 3.05) is 25.4 Å². The van der Waals surface area contributed by atoms with Crippen LogP contribution in [0.4, 0.5) is 0 Å². The zero-order valence-corrected chi connectivity index (χ0v) is 17.1. The number of amides is 1. The zero-order valence-electron chi connectivity index (χ0n) is 15.4. The third-order valence-corrected chi connectivity index (χ3v) is 7.32. The largest absolute Gasteiger partial charge is 0.353 e. The first-order valence-corrected chi connectivity index (χ1v) is 11.6. The highest BCUT2D eigenvalue weighted by Gasteiger charge is 2.25. The normalized spacial score (nSPS) is 19.6. The van der Waals surface area contributed by atoms with Gasteiger partial charge in [-0.3, -0.25) is 9.69 Å². The average Bonchev–Trinajstić information content (AvgIpc) is 3.49. The minimum atomic E-state index is 0.0433. The van der Waals surface area contributed by atoms with Crippen molar-refractivity contribution in [3.8, 4) is 0 Å². The first-order chi connectivity index (χ1) is 13.3. The number of hydrogen-bond donors (Lipinski definition) is 1. The number of tetrazole rings is 1. The van der Waals surface area contributed by atoms with E-state index in [2.05, 4.69) is 43.3 Å². The predicted octanol–water partition coefficient (Wildman–Crippen LogP) is 2.90. The second-order valence-corrected chi connectivity index (χ2v) is 9.13. The summed E-state index contributed by atoms with van der Waals surface area (Å²) >= 11 is 3.20. The Morgan fingerprint density at radius 3 is 2.85 bits per heavy atom. The van der Waals surface area contributed by atoms with Crippen molar-refractivity contribution in [1.29, 1.82) is 0 Å². The van der Waals surface area contributed by atoms with Crippen LogP contribution >= 0.6 is 23.1 Å². The number of thioether (sulfide) groups is 1. The maximum absolute atomic E-state index is 12.4. The second kappa shape index (κ2) is 9.16. The summed E-state index contributed by atoms with van der Waals surface area (Å²) < 4.78 is 1.91. The van der Waals surface area contributed by atoms with Gasteiger partial charge < -0.3 is 5.32 Å². The third-order valence-electron chi connectivity index (χ3n) is 5.41. The number of thiophene rings is 1. The van der Waals surface area contributed by atoms with Gasteiger partial charge in [-0.25, -0.2) is 4.68 Å². The standard InChI is InChI=1S/C18H26N6OS2/c25-17(13-27-18-20-21-22-24(18)14-6-1-2-7-14)19-12-15(16-8-5-11-26-16)23-9-3-4-10-23/h5,8,11,14-15H,1-4,6-7,9-10,12-13H2,(H,19,25)/t15-/m1/s1. The van der Waals surface area contributed by atoms with Gasteiger partial charge >= 0.3 is 0 Å². The molecule has 1 aliphatic heterocycles. The van der Waals surface area contributed by atoms with Gasteiger partial charge in [-0.05, 0) is 60.6 Å². The molecule has 2 aromatic rings. The molecule has 1 N–H and O–H groups in total. The molecule has 0 unspecified atom stereocenters. The van der Waals surface area contributed by atoms with Crippen LogP contribution in [-0.4, -0.2) is 56.4 Å². The molecule has 7 nitrogen and oxygen atoms in total. The predicted molar refractivity (Wildman–Crippen MR) is 107 cm³/mol. The van der Waals surface area contributed by atoms with E-state index >= 15 is 0 Å². The van der Waals surface area contributed by atoms with E-state index in [-0.39, 0.29) is 11.9 Å². The van der Waals surface area contributed by atoms with Gasteiger partial charge in [0.25, 0.3) is 0 Å². The van der Waals surface area contributed by atoms with E-state index < -0.39 is 0 Å². The van der Waals surface area contributed by atoms with E-state index in [4.69, 9.17) is 0 Å². The number of nitrogens with one attached hydrogen (secondary N) is 1. The van der Waals surface area contributed by atoms with E-state index in [1.807, 2.05) is 4.68 Å². The molecule has 27 heavy (non-hydrogen) atoms. The quantitative estimate of drug-likeness (QED) is 0.680. The fraction of sp³-hybridized carbons (Fsp3) is 0.667. The molecule has 0 radical (unpaired) electrons. The maximum Gasteiger partial charge on any atom is 0.230 e. The second-order valence-electron chi connectivity index (χ2n) is 7.21. The van der Waals surface area contributed by atoms with Crippen molar-refractivity contribution in [2.24, 2.45) is 0 Å². The number of carbonyl (C=O) groups is 1. The maximum atomic E-state index is 12.4. The molecule has 4 rings (SSSR count). The number of nitrogens with zero attached hydrogens (tertiary/aromatic N) is 5. The highest BCUT2D eigenvalue weighted by atomic mass is 32.2. The minimum absolute atomic E-state index is 0.0433. The Morgan fingerprint density at radius 2 is 2.11 bits per heavy atom. The molecule has 1 amide bonds. The number of likely N-dealkylation sites (tertiary alicyclic amines) is 1. The Labute approximate surface area is 167 Å². The van der Waals surface area contributed by atoms with Gasteiger partial charge in [-0.15, -0.1) is 16.4 Å². The molecule has 0 spiro atoms. The molecular weight excluding hydrogens is 380 g/mol. The summed E-state index contributed by atoms with van der Waals surface area (Å²) in [5, 5.41) is 18.0. The summed E-state index contributed by atoms with van der Waals surface area (Å²) in [6.45, 7) is 2.89. The third kappa shape index (κ3) is 4.70. The Balaban J connectivity index is 1.29. The molecule has 2 aliphatic rings. The first-order valence-electron chi connectivity index (χ1n) is 9.76. The van der Waals surface area contributed by atoms with Crippen molar-refractivity contribution in [3.05, 3.63) is 22.4 Å². The summed E-state index contributed by atoms with van der Waals surface area (Å²) in [7, 11) is 0. The van der Waals surface area contributed by atoms with Crippen molar-refractivity contribution in [3.63, 3.8) is 0 Å². The molecule has 1 atom stereocenters. The average molecular weight is 407 g/mol. The van der Waals surface area contributed by atoms with Gasteiger partial charge in [-0.1, -0.05) is 30.7 Å². The van der Waals surface area contributed by atoms with Crippen LogP contribution in [0.2, 0.25) is 0 Å². The topological polar surface area (TPSA) is 75.9 Å². The van der Waals surface area contributed by atoms with Crippen LogP contribution in [0.25, 0.3) is 0 Å². The Hall–Kier alpha value is -1.45. The molecule has 0 aromatic carbocycles. The van der Waals surface area contributed by atoms with Crippen LogP contribution in [0.3, 0.4) is 0 Å². The van der Waals surface area contributed by atoms with Crippen LogP contribution in [0.5, 0.6) is 0 Å². The van der Waals surface area contributed by atoms with Crippen LogP contribution in [-0.2, 0) is 4.79 Å². The van der Waals surface area contributed by atoms with E-state index in [0.29, 0.717) is 18.3 Å². The van der Waals surface area contributed by atoms with Crippen molar-refractivity contribution >= 4 is 29.0 Å². The number of rotatable bonds is 8. The van der Waals surface area contributed by atoms with E-state index in [1.54, 1.807) is 11.3 Å². The van der Waals surface area contributed by atoms with E-state index in [9.17, 15) is 4.79 Å². The summed E-state index contributed by atoms with van der Waals surface area (Å²) in [6, 6.07) is 4.93. The summed E-state index contributed by atoms with van der Waals surface area (Å²) in [5.74, 6) is 0.395. The highest BCUT2D eigenvalue weighted by Crippen LogP contribution is 2.31. The minimum Gasteiger partial charge on any atom is -0.353 e. The number of carbonyl (C=O) groups excluding carboxylic acids is 1. The Bertz CT molecular complexity index is 722. The molecule has 1 aliphatic carbocycles. The van der Waals surface area contributed by atoms with Crippen molar-refractivity contribution < 1.29 is 4.79 Å². The lowest BCUT2D eigenvalue weighted by molar-refractivity contribution is -0.118. The lowest BCUT2D eigenvalue weighted by atomic mass is 10.2. The lowest BCUT2D eigenvalue weighted by Crippen LogP contribution is -2.37. The van der Waals surface area contributed by atoms with Crippen LogP contribution in [0.15, 0.2) is 22.7 Å². The van der Waals surface area contributed by atoms with Crippen molar-refractivity contribution in [2.45, 2.75) is 55.8 Å². The van der Waals surface area contributed by atoms with Crippen LogP contribution < -0.4 is 5.32 Å². The van der Waals surface area contributed by atoms with Crippen LogP contribution in [0.1, 0.15) is 55.5 Å². The Kier molecular flexibility index (Phi) is 6.41. The molecule has 1 saturated carbocycles. The van der Waals surface area contributed by atoms with E-state index in [1.165, 1.54) is 42.3 Å². The van der Waals surface area contributed by atoms with E-state index in [0.717, 1.165) is 31.1 Å². The molecule has 2 aromatic heterocycles. The molecule has 3 heterocycles.